The van der Waals surface area contributed by atoms with Crippen molar-refractivity contribution < 1.29 is 63.4 Å². The number of aliphatic carboxylic acids is 1. The molecule has 0 bridgehead atoms. The number of rotatable bonds is 10. The maximum atomic E-state index is 13.7. The Bertz CT molecular complexity index is 1650. The number of aromatic nitrogens is 6. The van der Waals surface area contributed by atoms with Crippen molar-refractivity contribution in [2.24, 2.45) is 12.8 Å². The van der Waals surface area contributed by atoms with Crippen molar-refractivity contribution in [2.45, 2.75) is 41.4 Å². The predicted molar refractivity (Wildman–Crippen MR) is 146 cm³/mol. The summed E-state index contributed by atoms with van der Waals surface area (Å²) in [4.78, 5) is 62.0. The number of thioether (sulfide) groups is 2. The zero-order valence-corrected chi connectivity index (χ0v) is 26.9. The molecule has 20 heteroatoms. The number of amides is 4. The Morgan fingerprint density at radius 3 is 2.73 bits per heavy atom. The molecule has 2 aliphatic heterocycles. The Hall–Kier alpha value is -3.65. The van der Waals surface area contributed by atoms with Crippen LogP contribution in [0.15, 0.2) is 45.4 Å². The van der Waals surface area contributed by atoms with Crippen molar-refractivity contribution >= 4 is 53.0 Å². The summed E-state index contributed by atoms with van der Waals surface area (Å²) in [7, 11) is 1.64. The van der Waals surface area contributed by atoms with Gasteiger partial charge in [0.05, 0.1) is 24.1 Å². The summed E-state index contributed by atoms with van der Waals surface area (Å²) in [6, 6.07) is -0.910. The number of aryl methyl sites for hydroxylation is 1. The van der Waals surface area contributed by atoms with E-state index < -0.39 is 47.2 Å². The number of carbonyl (C=O) groups excluding carboxylic acids is 4. The van der Waals surface area contributed by atoms with E-state index in [1.807, 2.05) is 0 Å². The summed E-state index contributed by atoms with van der Waals surface area (Å²) in [5.74, 6) is -2.72. The zero-order chi connectivity index (χ0) is 30.4. The summed E-state index contributed by atoms with van der Waals surface area (Å²) < 4.78 is 6.86. The minimum Gasteiger partial charge on any atom is -0.543 e. The quantitative estimate of drug-likeness (QED) is 0.108. The summed E-state index contributed by atoms with van der Waals surface area (Å²) >= 11 is 2.45. The number of hydrogen-bond donors (Lipinski definition) is 3. The molecule has 3 aliphatic rings. The minimum atomic E-state index is -1.56. The van der Waals surface area contributed by atoms with Gasteiger partial charge in [-0.2, -0.15) is 4.98 Å². The van der Waals surface area contributed by atoms with Crippen LogP contribution < -0.4 is 50.6 Å². The van der Waals surface area contributed by atoms with E-state index in [-0.39, 0.29) is 64.1 Å². The second kappa shape index (κ2) is 12.8. The maximum Gasteiger partial charge on any atom is 1.00 e. The van der Waals surface area contributed by atoms with E-state index in [2.05, 4.69) is 30.8 Å². The molecule has 3 aromatic rings. The molecule has 1 aliphatic carbocycles. The van der Waals surface area contributed by atoms with E-state index in [4.69, 9.17) is 10.2 Å². The van der Waals surface area contributed by atoms with E-state index >= 15 is 0 Å². The molecule has 2 fully saturated rings. The average Bonchev–Trinajstić information content (AvgIpc) is 3.53. The van der Waals surface area contributed by atoms with Crippen LogP contribution in [0.25, 0.3) is 0 Å². The van der Waals surface area contributed by atoms with Gasteiger partial charge in [0, 0.05) is 24.5 Å². The van der Waals surface area contributed by atoms with Crippen LogP contribution in [-0.2, 0) is 21.4 Å². The fourth-order valence-corrected chi connectivity index (χ4v) is 7.14. The number of carboxylic acids is 1. The van der Waals surface area contributed by atoms with Crippen LogP contribution in [0.2, 0.25) is 0 Å². The maximum absolute atomic E-state index is 13.7. The van der Waals surface area contributed by atoms with Gasteiger partial charge in [-0.15, -0.1) is 16.9 Å². The Labute approximate surface area is 279 Å². The zero-order valence-electron chi connectivity index (χ0n) is 23.3. The number of nitrogens with zero attached hydrogens (tertiary/aromatic N) is 8. The number of β-lactam (4-membered cyclic amide) rings is 1. The first-order valence-electron chi connectivity index (χ1n) is 12.9. The van der Waals surface area contributed by atoms with Gasteiger partial charge < -0.3 is 30.5 Å². The molecule has 0 aromatic carbocycles. The van der Waals surface area contributed by atoms with Crippen LogP contribution in [0, 0.1) is 0 Å². The van der Waals surface area contributed by atoms with Crippen molar-refractivity contribution in [2.75, 3.05) is 16.4 Å². The Morgan fingerprint density at radius 2 is 2.14 bits per heavy atom. The third-order valence-corrected chi connectivity index (χ3v) is 9.46. The number of urea groups is 1. The van der Waals surface area contributed by atoms with Crippen LogP contribution in [0.3, 0.4) is 0 Å². The van der Waals surface area contributed by atoms with Crippen LogP contribution in [0.5, 0.6) is 5.88 Å². The first kappa shape index (κ1) is 31.8. The van der Waals surface area contributed by atoms with Gasteiger partial charge in [-0.1, -0.05) is 11.8 Å². The number of aromatic hydroxyl groups is 1. The number of furan rings is 1. The monoisotopic (exact) mass is 650 g/mol. The number of hydrogen-bond acceptors (Lipinski definition) is 14. The molecule has 0 spiro atoms. The summed E-state index contributed by atoms with van der Waals surface area (Å²) in [5, 5.41) is 36.2. The van der Waals surface area contributed by atoms with Gasteiger partial charge >= 0.3 is 35.6 Å². The Kier molecular flexibility index (Phi) is 9.21. The minimum absolute atomic E-state index is 0. The molecular weight excluding hydrogens is 627 g/mol. The fraction of sp³-hybridized carbons (Fsp3) is 0.375. The summed E-state index contributed by atoms with van der Waals surface area (Å²) in [5.41, 5.74) is 5.60. The van der Waals surface area contributed by atoms with Crippen molar-refractivity contribution in [1.82, 2.24) is 40.4 Å². The van der Waals surface area contributed by atoms with Gasteiger partial charge in [0.25, 0.3) is 11.8 Å². The average molecular weight is 651 g/mol. The molecule has 224 valence electrons. The van der Waals surface area contributed by atoms with E-state index in [1.54, 1.807) is 7.05 Å². The van der Waals surface area contributed by atoms with E-state index in [0.717, 1.165) is 22.6 Å². The molecule has 4 amide bonds. The van der Waals surface area contributed by atoms with Crippen LogP contribution in [0.1, 0.15) is 36.4 Å². The SMILES string of the molecule is Cn1nnnc1SCC1=C(C(=O)[O-])N2C(=O)C(NC(=O)C(c3ccco3)N(C(N)=O)c3cnc(C4CC4)nc3O)[C@H]2SC1.[Na+]. The number of carbonyl (C=O) groups is 4. The van der Waals surface area contributed by atoms with Crippen molar-refractivity contribution in [3.63, 3.8) is 0 Å². The van der Waals surface area contributed by atoms with Gasteiger partial charge in [0.2, 0.25) is 11.0 Å². The molecule has 44 heavy (non-hydrogen) atoms. The Morgan fingerprint density at radius 1 is 1.36 bits per heavy atom. The summed E-state index contributed by atoms with van der Waals surface area (Å²) in [6.45, 7) is 0. The molecule has 1 saturated heterocycles. The van der Waals surface area contributed by atoms with Crippen molar-refractivity contribution in [3.05, 3.63) is 47.4 Å². The topological polar surface area (TPSA) is 239 Å². The van der Waals surface area contributed by atoms with Crippen molar-refractivity contribution in [1.29, 1.82) is 0 Å². The number of primary amides is 1. The number of tetrazole rings is 1. The molecule has 1 saturated carbocycles. The molecule has 3 aromatic heterocycles. The largest absolute Gasteiger partial charge is 1.00 e. The van der Waals surface area contributed by atoms with Crippen LogP contribution in [0.4, 0.5) is 10.5 Å². The third-order valence-electron chi connectivity index (χ3n) is 7.02. The molecule has 6 rings (SSSR count). The second-order valence-corrected chi connectivity index (χ2v) is 11.9. The molecule has 3 atom stereocenters. The molecule has 4 N–H and O–H groups in total. The molecule has 17 nitrogen and oxygen atoms in total. The second-order valence-electron chi connectivity index (χ2n) is 9.85. The molecule has 2 unspecified atom stereocenters. The van der Waals surface area contributed by atoms with E-state index in [0.29, 0.717) is 16.6 Å². The number of anilines is 1. The Balaban J connectivity index is 0.00000384. The normalized spacial score (nSPS) is 19.8. The van der Waals surface area contributed by atoms with Crippen LogP contribution >= 0.6 is 23.5 Å². The van der Waals surface area contributed by atoms with Gasteiger partial charge in [0.1, 0.15) is 28.7 Å². The molecule has 0 radical (unpaired) electrons. The predicted octanol–water partition coefficient (Wildman–Crippen LogP) is -4.00. The van der Waals surface area contributed by atoms with Gasteiger partial charge in [-0.05, 0) is 41.0 Å². The van der Waals surface area contributed by atoms with Crippen molar-refractivity contribution in [3.8, 4) is 5.88 Å². The molecule has 5 heterocycles. The van der Waals surface area contributed by atoms with Crippen LogP contribution in [-0.4, -0.2) is 86.9 Å². The summed E-state index contributed by atoms with van der Waals surface area (Å²) in [6.07, 6.45) is 4.22. The standard InChI is InChI=1S/C24H24N10O7S2.Na/c1-32-24(29-30-31-32)43-9-11-8-42-21-14(20(37)34(21)15(11)22(38)39)27-19(36)16(13-3-2-6-41-13)33(23(25)40)12-7-26-17(10-4-5-10)28-18(12)35;/h2-3,6-7,10,14,16,21H,4-5,8-9H2,1H3,(H2,25,40)(H,27,36)(H,38,39)(H,26,28,35);/q;+1/p-1/t14?,16?,21-;/m1./s1. The number of nitrogens with one attached hydrogen (secondary N) is 1. The number of carboxylic acid groups (broad SMARTS) is 1. The van der Waals surface area contributed by atoms with E-state index in [1.165, 1.54) is 52.8 Å². The first-order valence-corrected chi connectivity index (χ1v) is 14.9. The fourth-order valence-electron chi connectivity index (χ4n) is 4.80. The number of fused-ring (bicyclic) bond motifs is 1. The number of nitrogens with two attached hydrogens (primary N) is 1. The van der Waals surface area contributed by atoms with Gasteiger partial charge in [-0.25, -0.2) is 14.5 Å². The smallest absolute Gasteiger partial charge is 0.543 e. The molecular formula is C24H23N10NaO7S2. The van der Waals surface area contributed by atoms with Gasteiger partial charge in [-0.3, -0.25) is 19.4 Å². The van der Waals surface area contributed by atoms with E-state index in [9.17, 15) is 29.4 Å². The first-order chi connectivity index (χ1) is 20.7. The third kappa shape index (κ3) is 5.88. The van der Waals surface area contributed by atoms with Gasteiger partial charge in [0.15, 0.2) is 6.04 Å².